The summed E-state index contributed by atoms with van der Waals surface area (Å²) in [4.78, 5) is 0. The molecule has 0 unspecified atom stereocenters. The molecule has 0 aliphatic rings. The molecule has 0 aromatic carbocycles. The van der Waals surface area contributed by atoms with E-state index in [1.165, 1.54) is 19.3 Å². The predicted octanol–water partition coefficient (Wildman–Crippen LogP) is 3.40. The fourth-order valence-electron chi connectivity index (χ4n) is 0.676. The number of ether oxygens (including phenoxy) is 1. The first-order valence-corrected chi connectivity index (χ1v) is 5.61. The van der Waals surface area contributed by atoms with Crippen LogP contribution in [0, 0.1) is 0 Å². The summed E-state index contributed by atoms with van der Waals surface area (Å²) in [6, 6.07) is 0. The Balaban J connectivity index is 3.13. The number of unbranched alkanes of at least 4 members (excludes halogenated alkanes) is 2. The highest BCUT2D eigenvalue weighted by molar-refractivity contribution is 8.22. The summed E-state index contributed by atoms with van der Waals surface area (Å²) >= 11 is 6.58. The Hall–Kier alpha value is -0.0200. The summed E-state index contributed by atoms with van der Waals surface area (Å²) in [5.41, 5.74) is 0. The standard InChI is InChI=1S/C9H16OS2/c1-3-5-6-8-12-9(11)10-7-4-2/h4H,2-3,5-8H2,1H3. The number of rotatable bonds is 6. The molecular formula is C9H16OS2. The zero-order chi connectivity index (χ0) is 9.23. The minimum atomic E-state index is 0.527. The molecule has 0 aliphatic carbocycles. The fraction of sp³-hybridized carbons (Fsp3) is 0.667. The maximum atomic E-state index is 5.15. The van der Waals surface area contributed by atoms with Crippen LogP contribution in [-0.2, 0) is 4.74 Å². The second-order valence-electron chi connectivity index (χ2n) is 2.41. The zero-order valence-corrected chi connectivity index (χ0v) is 9.18. The van der Waals surface area contributed by atoms with Crippen LogP contribution in [0.1, 0.15) is 26.2 Å². The quantitative estimate of drug-likeness (QED) is 0.373. The van der Waals surface area contributed by atoms with Gasteiger partial charge in [0, 0.05) is 5.75 Å². The Morgan fingerprint density at radius 1 is 1.58 bits per heavy atom. The van der Waals surface area contributed by atoms with Gasteiger partial charge in [-0.05, 0) is 18.6 Å². The minimum absolute atomic E-state index is 0.527. The van der Waals surface area contributed by atoms with E-state index in [4.69, 9.17) is 17.0 Å². The molecule has 0 saturated carbocycles. The van der Waals surface area contributed by atoms with Gasteiger partial charge in [-0.2, -0.15) is 0 Å². The molecule has 0 spiro atoms. The molecule has 0 saturated heterocycles. The van der Waals surface area contributed by atoms with Gasteiger partial charge in [0.05, 0.1) is 0 Å². The normalized spacial score (nSPS) is 9.42. The first-order valence-electron chi connectivity index (χ1n) is 4.21. The third-order valence-electron chi connectivity index (χ3n) is 1.29. The van der Waals surface area contributed by atoms with Crippen molar-refractivity contribution in [3.63, 3.8) is 0 Å². The SMILES string of the molecule is C=CCOC(=S)SCCCCC. The molecule has 0 aromatic heterocycles. The van der Waals surface area contributed by atoms with E-state index < -0.39 is 0 Å². The van der Waals surface area contributed by atoms with Crippen molar-refractivity contribution in [2.45, 2.75) is 26.2 Å². The number of thioether (sulfide) groups is 1. The average Bonchev–Trinajstić information content (AvgIpc) is 2.09. The molecule has 0 aromatic rings. The van der Waals surface area contributed by atoms with E-state index in [9.17, 15) is 0 Å². The molecule has 1 nitrogen and oxygen atoms in total. The Morgan fingerprint density at radius 2 is 2.33 bits per heavy atom. The van der Waals surface area contributed by atoms with Crippen molar-refractivity contribution in [2.75, 3.05) is 12.4 Å². The Bertz CT molecular complexity index is 134. The topological polar surface area (TPSA) is 9.23 Å². The highest BCUT2D eigenvalue weighted by Crippen LogP contribution is 2.09. The lowest BCUT2D eigenvalue weighted by molar-refractivity contribution is 0.371. The van der Waals surface area contributed by atoms with E-state index in [0.717, 1.165) is 5.75 Å². The second kappa shape index (κ2) is 9.07. The van der Waals surface area contributed by atoms with E-state index in [-0.39, 0.29) is 0 Å². The van der Waals surface area contributed by atoms with Crippen LogP contribution in [0.4, 0.5) is 0 Å². The Labute approximate surface area is 84.6 Å². The van der Waals surface area contributed by atoms with Crippen LogP contribution in [0.2, 0.25) is 0 Å². The molecule has 0 fully saturated rings. The van der Waals surface area contributed by atoms with Gasteiger partial charge in [-0.1, -0.05) is 44.2 Å². The maximum Gasteiger partial charge on any atom is 0.220 e. The number of thiocarbonyl (C=S) groups is 1. The molecule has 0 aliphatic heterocycles. The average molecular weight is 204 g/mol. The van der Waals surface area contributed by atoms with Crippen molar-refractivity contribution >= 4 is 28.4 Å². The highest BCUT2D eigenvalue weighted by Gasteiger charge is 1.96. The van der Waals surface area contributed by atoms with Crippen LogP contribution in [0.15, 0.2) is 12.7 Å². The van der Waals surface area contributed by atoms with Gasteiger partial charge in [0.25, 0.3) is 0 Å². The number of hydrogen-bond donors (Lipinski definition) is 0. The zero-order valence-electron chi connectivity index (χ0n) is 7.54. The second-order valence-corrected chi connectivity index (χ2v) is 4.10. The van der Waals surface area contributed by atoms with Crippen LogP contribution in [0.25, 0.3) is 0 Å². The van der Waals surface area contributed by atoms with E-state index in [1.807, 2.05) is 0 Å². The lowest BCUT2D eigenvalue weighted by Crippen LogP contribution is -1.97. The third-order valence-corrected chi connectivity index (χ3v) is 2.60. The molecule has 12 heavy (non-hydrogen) atoms. The van der Waals surface area contributed by atoms with Gasteiger partial charge in [0.1, 0.15) is 6.61 Å². The third kappa shape index (κ3) is 8.08. The lowest BCUT2D eigenvalue weighted by Gasteiger charge is -2.03. The van der Waals surface area contributed by atoms with E-state index in [2.05, 4.69) is 13.5 Å². The summed E-state index contributed by atoms with van der Waals surface area (Å²) in [7, 11) is 0. The molecule has 3 heteroatoms. The van der Waals surface area contributed by atoms with Gasteiger partial charge in [0.15, 0.2) is 0 Å². The van der Waals surface area contributed by atoms with Crippen molar-refractivity contribution in [2.24, 2.45) is 0 Å². The van der Waals surface area contributed by atoms with E-state index in [1.54, 1.807) is 17.8 Å². The van der Waals surface area contributed by atoms with Crippen LogP contribution >= 0.6 is 24.0 Å². The monoisotopic (exact) mass is 204 g/mol. The lowest BCUT2D eigenvalue weighted by atomic mass is 10.3. The van der Waals surface area contributed by atoms with Crippen molar-refractivity contribution < 1.29 is 4.74 Å². The molecule has 0 N–H and O–H groups in total. The van der Waals surface area contributed by atoms with Gasteiger partial charge < -0.3 is 4.74 Å². The van der Waals surface area contributed by atoms with Gasteiger partial charge in [-0.25, -0.2) is 0 Å². The highest BCUT2D eigenvalue weighted by atomic mass is 32.2. The van der Waals surface area contributed by atoms with Gasteiger partial charge >= 0.3 is 0 Å². The Kier molecular flexibility index (Phi) is 9.06. The van der Waals surface area contributed by atoms with Crippen LogP contribution in [-0.4, -0.2) is 16.7 Å². The predicted molar refractivity (Wildman–Crippen MR) is 60.7 cm³/mol. The van der Waals surface area contributed by atoms with Crippen LogP contribution in [0.3, 0.4) is 0 Å². The minimum Gasteiger partial charge on any atom is -0.474 e. The van der Waals surface area contributed by atoms with Crippen molar-refractivity contribution in [1.29, 1.82) is 0 Å². The summed E-state index contributed by atoms with van der Waals surface area (Å²) in [6.07, 6.45) is 5.45. The fourth-order valence-corrected chi connectivity index (χ4v) is 1.66. The molecule has 0 atom stereocenters. The van der Waals surface area contributed by atoms with E-state index >= 15 is 0 Å². The van der Waals surface area contributed by atoms with Crippen molar-refractivity contribution in [1.82, 2.24) is 0 Å². The van der Waals surface area contributed by atoms with Crippen molar-refractivity contribution in [3.8, 4) is 0 Å². The summed E-state index contributed by atoms with van der Waals surface area (Å²) < 4.78 is 5.79. The van der Waals surface area contributed by atoms with Crippen molar-refractivity contribution in [3.05, 3.63) is 12.7 Å². The summed E-state index contributed by atoms with van der Waals surface area (Å²) in [5, 5.41) is 0. The maximum absolute atomic E-state index is 5.15. The molecule has 0 amide bonds. The van der Waals surface area contributed by atoms with Gasteiger partial charge in [-0.3, -0.25) is 0 Å². The molecule has 0 heterocycles. The largest absolute Gasteiger partial charge is 0.474 e. The number of hydrogen-bond acceptors (Lipinski definition) is 3. The first-order chi connectivity index (χ1) is 5.81. The molecule has 70 valence electrons. The summed E-state index contributed by atoms with van der Waals surface area (Å²) in [5.74, 6) is 1.07. The first kappa shape index (κ1) is 12.0. The molecule has 0 bridgehead atoms. The van der Waals surface area contributed by atoms with Crippen LogP contribution in [0.5, 0.6) is 0 Å². The molecule has 0 radical (unpaired) electrons. The molecule has 0 rings (SSSR count). The van der Waals surface area contributed by atoms with Gasteiger partial charge in [0.2, 0.25) is 4.38 Å². The Morgan fingerprint density at radius 3 is 2.92 bits per heavy atom. The van der Waals surface area contributed by atoms with E-state index in [0.29, 0.717) is 11.0 Å². The van der Waals surface area contributed by atoms with Crippen LogP contribution < -0.4 is 0 Å². The van der Waals surface area contributed by atoms with Gasteiger partial charge in [-0.15, -0.1) is 0 Å². The molecular weight excluding hydrogens is 188 g/mol. The summed E-state index contributed by atoms with van der Waals surface area (Å²) in [6.45, 7) is 6.27. The smallest absolute Gasteiger partial charge is 0.220 e.